The Balaban J connectivity index is 2.92. The van der Waals surface area contributed by atoms with E-state index in [-0.39, 0.29) is 17.4 Å². The maximum Gasteiger partial charge on any atom is 0.127 e. The number of benzene rings is 1. The molecule has 0 aromatic heterocycles. The van der Waals surface area contributed by atoms with E-state index in [1.165, 1.54) is 6.07 Å². The molecule has 0 fully saturated rings. The first-order valence-corrected chi connectivity index (χ1v) is 6.00. The molecule has 0 heterocycles. The molecule has 96 valence electrons. The average molecular weight is 259 g/mol. The predicted molar refractivity (Wildman–Crippen MR) is 70.9 cm³/mol. The van der Waals surface area contributed by atoms with Gasteiger partial charge in [-0.2, -0.15) is 0 Å². The molecule has 1 atom stereocenters. The van der Waals surface area contributed by atoms with Crippen molar-refractivity contribution in [3.05, 3.63) is 34.6 Å². The fourth-order valence-corrected chi connectivity index (χ4v) is 1.77. The molecular formula is C13H20ClFN2. The molecule has 1 aromatic carbocycles. The van der Waals surface area contributed by atoms with Crippen LogP contribution in [0.2, 0.25) is 5.02 Å². The van der Waals surface area contributed by atoms with Crippen LogP contribution in [-0.4, -0.2) is 30.6 Å². The van der Waals surface area contributed by atoms with Crippen LogP contribution >= 0.6 is 11.6 Å². The molecule has 0 bridgehead atoms. The molecular weight excluding hydrogens is 239 g/mol. The second kappa shape index (κ2) is 5.34. The van der Waals surface area contributed by atoms with Crippen LogP contribution in [0.3, 0.4) is 0 Å². The highest BCUT2D eigenvalue weighted by molar-refractivity contribution is 6.31. The number of nitrogens with zero attached hydrogens (tertiary/aromatic N) is 1. The third-order valence-electron chi connectivity index (χ3n) is 3.55. The third-order valence-corrected chi connectivity index (χ3v) is 3.90. The van der Waals surface area contributed by atoms with E-state index in [4.69, 9.17) is 17.3 Å². The van der Waals surface area contributed by atoms with Gasteiger partial charge in [0.15, 0.2) is 0 Å². The van der Waals surface area contributed by atoms with Gasteiger partial charge in [0.05, 0.1) is 0 Å². The number of hydrogen-bond donors (Lipinski definition) is 1. The molecule has 1 rings (SSSR count). The fourth-order valence-electron chi connectivity index (χ4n) is 1.53. The molecule has 0 aliphatic heterocycles. The Bertz CT molecular complexity index is 371. The highest BCUT2D eigenvalue weighted by Gasteiger charge is 2.29. The lowest BCUT2D eigenvalue weighted by molar-refractivity contribution is 0.157. The maximum absolute atomic E-state index is 13.6. The summed E-state index contributed by atoms with van der Waals surface area (Å²) in [4.78, 5) is 2.03. The minimum Gasteiger partial charge on any atom is -0.326 e. The van der Waals surface area contributed by atoms with Crippen LogP contribution in [-0.2, 0) is 6.42 Å². The van der Waals surface area contributed by atoms with E-state index in [1.54, 1.807) is 12.1 Å². The predicted octanol–water partition coefficient (Wildman–Crippen LogP) is 2.69. The van der Waals surface area contributed by atoms with Gasteiger partial charge in [0, 0.05) is 22.2 Å². The topological polar surface area (TPSA) is 29.3 Å². The van der Waals surface area contributed by atoms with Gasteiger partial charge in [-0.25, -0.2) is 4.39 Å². The van der Waals surface area contributed by atoms with Crippen LogP contribution in [0.5, 0.6) is 0 Å². The van der Waals surface area contributed by atoms with Crippen molar-refractivity contribution < 1.29 is 4.39 Å². The normalized spacial score (nSPS) is 14.1. The van der Waals surface area contributed by atoms with Gasteiger partial charge < -0.3 is 10.6 Å². The van der Waals surface area contributed by atoms with Crippen LogP contribution in [0.4, 0.5) is 4.39 Å². The van der Waals surface area contributed by atoms with Gasteiger partial charge >= 0.3 is 0 Å². The summed E-state index contributed by atoms with van der Waals surface area (Å²) >= 11 is 5.99. The highest BCUT2D eigenvalue weighted by Crippen LogP contribution is 2.24. The molecule has 0 aliphatic rings. The Morgan fingerprint density at radius 2 is 2.00 bits per heavy atom. The molecule has 1 aromatic rings. The molecule has 0 aliphatic carbocycles. The number of rotatable bonds is 4. The smallest absolute Gasteiger partial charge is 0.127 e. The van der Waals surface area contributed by atoms with Gasteiger partial charge in [-0.1, -0.05) is 17.7 Å². The molecule has 2 nitrogen and oxygen atoms in total. The van der Waals surface area contributed by atoms with Gasteiger partial charge in [-0.3, -0.25) is 0 Å². The molecule has 1 unspecified atom stereocenters. The molecule has 0 spiro atoms. The Labute approximate surface area is 108 Å². The van der Waals surface area contributed by atoms with E-state index in [0.29, 0.717) is 17.0 Å². The van der Waals surface area contributed by atoms with E-state index < -0.39 is 0 Å². The van der Waals surface area contributed by atoms with Gasteiger partial charge in [0.2, 0.25) is 0 Å². The zero-order valence-corrected chi connectivity index (χ0v) is 11.6. The van der Waals surface area contributed by atoms with Crippen LogP contribution in [0.15, 0.2) is 18.2 Å². The van der Waals surface area contributed by atoms with Crippen molar-refractivity contribution in [2.75, 3.05) is 14.1 Å². The molecule has 0 radical (unpaired) electrons. The number of halogens is 2. The third kappa shape index (κ3) is 3.18. The number of nitrogens with two attached hydrogens (primary N) is 1. The van der Waals surface area contributed by atoms with Crippen LogP contribution in [0.25, 0.3) is 0 Å². The maximum atomic E-state index is 13.6. The number of likely N-dealkylation sites (N-methyl/N-ethyl adjacent to an activating group) is 1. The van der Waals surface area contributed by atoms with Gasteiger partial charge in [0.25, 0.3) is 0 Å². The Kier molecular flexibility index (Phi) is 4.53. The number of hydrogen-bond acceptors (Lipinski definition) is 2. The average Bonchev–Trinajstić information content (AvgIpc) is 2.23. The Hall–Kier alpha value is -0.640. The highest BCUT2D eigenvalue weighted by atomic mass is 35.5. The summed E-state index contributed by atoms with van der Waals surface area (Å²) in [6, 6.07) is 4.52. The van der Waals surface area contributed by atoms with Crippen molar-refractivity contribution in [2.24, 2.45) is 5.73 Å². The van der Waals surface area contributed by atoms with Crippen molar-refractivity contribution in [1.29, 1.82) is 0 Å². The van der Waals surface area contributed by atoms with E-state index in [9.17, 15) is 4.39 Å². The van der Waals surface area contributed by atoms with E-state index in [0.717, 1.165) is 0 Å². The largest absolute Gasteiger partial charge is 0.326 e. The molecule has 17 heavy (non-hydrogen) atoms. The zero-order valence-electron chi connectivity index (χ0n) is 10.8. The fraction of sp³-hybridized carbons (Fsp3) is 0.538. The van der Waals surface area contributed by atoms with Gasteiger partial charge in [0.1, 0.15) is 5.82 Å². The van der Waals surface area contributed by atoms with Crippen LogP contribution in [0.1, 0.15) is 19.4 Å². The van der Waals surface area contributed by atoms with Gasteiger partial charge in [-0.15, -0.1) is 0 Å². The Morgan fingerprint density at radius 1 is 1.41 bits per heavy atom. The lowest BCUT2D eigenvalue weighted by atomic mass is 9.89. The van der Waals surface area contributed by atoms with Crippen molar-refractivity contribution >= 4 is 11.6 Å². The summed E-state index contributed by atoms with van der Waals surface area (Å²) in [5.74, 6) is -0.289. The van der Waals surface area contributed by atoms with E-state index in [2.05, 4.69) is 0 Å². The van der Waals surface area contributed by atoms with E-state index >= 15 is 0 Å². The molecule has 0 amide bonds. The minimum atomic E-state index is -0.289. The van der Waals surface area contributed by atoms with Crippen LogP contribution in [0, 0.1) is 5.82 Å². The molecule has 4 heteroatoms. The molecule has 0 saturated carbocycles. The second-order valence-electron chi connectivity index (χ2n) is 5.06. The first-order chi connectivity index (χ1) is 7.76. The Morgan fingerprint density at radius 3 is 2.47 bits per heavy atom. The quantitative estimate of drug-likeness (QED) is 0.900. The molecule has 0 saturated heterocycles. The summed E-state index contributed by atoms with van der Waals surface area (Å²) in [5, 5.41) is 0.440. The monoisotopic (exact) mass is 258 g/mol. The van der Waals surface area contributed by atoms with Crippen LogP contribution < -0.4 is 5.73 Å². The van der Waals surface area contributed by atoms with Crippen molar-refractivity contribution in [3.8, 4) is 0 Å². The standard InChI is InChI=1S/C13H20ClFN2/c1-13(2,17(3)4)12(16)8-9-10(14)6-5-7-11(9)15/h5-7,12H,8,16H2,1-4H3. The summed E-state index contributed by atoms with van der Waals surface area (Å²) in [5.41, 5.74) is 6.44. The summed E-state index contributed by atoms with van der Waals surface area (Å²) in [7, 11) is 3.92. The minimum absolute atomic E-state index is 0.188. The molecule has 2 N–H and O–H groups in total. The first-order valence-electron chi connectivity index (χ1n) is 5.62. The SMILES string of the molecule is CN(C)C(C)(C)C(N)Cc1c(F)cccc1Cl. The first kappa shape index (κ1) is 14.4. The lowest BCUT2D eigenvalue weighted by Crippen LogP contribution is -2.54. The van der Waals surface area contributed by atoms with E-state index in [1.807, 2.05) is 32.8 Å². The van der Waals surface area contributed by atoms with Crippen molar-refractivity contribution in [2.45, 2.75) is 31.8 Å². The summed E-state index contributed by atoms with van der Waals surface area (Å²) in [6.07, 6.45) is 0.427. The van der Waals surface area contributed by atoms with Crippen molar-refractivity contribution in [1.82, 2.24) is 4.90 Å². The zero-order chi connectivity index (χ0) is 13.2. The lowest BCUT2D eigenvalue weighted by Gasteiger charge is -2.38. The second-order valence-corrected chi connectivity index (χ2v) is 5.47. The van der Waals surface area contributed by atoms with Gasteiger partial charge in [-0.05, 0) is 46.5 Å². The summed E-state index contributed by atoms with van der Waals surface area (Å²) < 4.78 is 13.6. The summed E-state index contributed by atoms with van der Waals surface area (Å²) in [6.45, 7) is 4.07. The van der Waals surface area contributed by atoms with Crippen molar-refractivity contribution in [3.63, 3.8) is 0 Å².